The van der Waals surface area contributed by atoms with E-state index in [-0.39, 0.29) is 24.1 Å². The zero-order valence-electron chi connectivity index (χ0n) is 9.14. The summed E-state index contributed by atoms with van der Waals surface area (Å²) in [5, 5.41) is 8.77. The highest BCUT2D eigenvalue weighted by atomic mass is 35.5. The van der Waals surface area contributed by atoms with Gasteiger partial charge in [0.05, 0.1) is 0 Å². The predicted molar refractivity (Wildman–Crippen MR) is 62.3 cm³/mol. The molecule has 5 nitrogen and oxygen atoms in total. The number of nitrogens with zero attached hydrogens (tertiary/aromatic N) is 1. The average Bonchev–Trinajstić information content (AvgIpc) is 2.13. The lowest BCUT2D eigenvalue weighted by Gasteiger charge is -2.08. The van der Waals surface area contributed by atoms with Crippen molar-refractivity contribution in [1.82, 2.24) is 4.98 Å². The topological polar surface area (TPSA) is 85.4 Å². The summed E-state index contributed by atoms with van der Waals surface area (Å²) < 4.78 is 5.24. The van der Waals surface area contributed by atoms with Gasteiger partial charge in [-0.05, 0) is 25.5 Å². The Hall–Kier alpha value is -1.33. The lowest BCUT2D eigenvalue weighted by atomic mass is 10.2. The van der Waals surface area contributed by atoms with Crippen LogP contribution >= 0.6 is 12.4 Å². The SMILES string of the molecule is Cc1cc(OCC(C)N)nc(C(=O)O)c1.Cl. The lowest BCUT2D eigenvalue weighted by molar-refractivity contribution is 0.0689. The molecule has 0 aromatic carbocycles. The quantitative estimate of drug-likeness (QED) is 0.835. The molecule has 1 rings (SSSR count). The molecule has 1 aromatic heterocycles. The van der Waals surface area contributed by atoms with Crippen LogP contribution in [0.1, 0.15) is 23.0 Å². The van der Waals surface area contributed by atoms with Crippen molar-refractivity contribution >= 4 is 18.4 Å². The summed E-state index contributed by atoms with van der Waals surface area (Å²) in [4.78, 5) is 14.5. The Morgan fingerprint density at radius 1 is 1.62 bits per heavy atom. The first-order valence-corrected chi connectivity index (χ1v) is 4.59. The van der Waals surface area contributed by atoms with Gasteiger partial charge < -0.3 is 15.6 Å². The van der Waals surface area contributed by atoms with Gasteiger partial charge in [0, 0.05) is 12.1 Å². The van der Waals surface area contributed by atoms with E-state index in [9.17, 15) is 4.79 Å². The third-order valence-corrected chi connectivity index (χ3v) is 1.66. The number of rotatable bonds is 4. The van der Waals surface area contributed by atoms with E-state index in [2.05, 4.69) is 4.98 Å². The molecule has 0 radical (unpaired) electrons. The van der Waals surface area contributed by atoms with Crippen LogP contribution in [0.4, 0.5) is 0 Å². The van der Waals surface area contributed by atoms with Crippen LogP contribution in [-0.4, -0.2) is 28.7 Å². The molecule has 0 aliphatic carbocycles. The number of carboxylic acids is 1. The zero-order valence-corrected chi connectivity index (χ0v) is 9.95. The van der Waals surface area contributed by atoms with Crippen molar-refractivity contribution in [3.05, 3.63) is 23.4 Å². The molecule has 0 aliphatic rings. The van der Waals surface area contributed by atoms with Gasteiger partial charge >= 0.3 is 5.97 Å². The molecule has 0 amide bonds. The molecular weight excluding hydrogens is 232 g/mol. The number of carbonyl (C=O) groups is 1. The number of aryl methyl sites for hydroxylation is 1. The molecule has 0 aliphatic heterocycles. The van der Waals surface area contributed by atoms with Crippen LogP contribution in [0.25, 0.3) is 0 Å². The monoisotopic (exact) mass is 246 g/mol. The number of nitrogens with two attached hydrogens (primary N) is 1. The normalized spacial score (nSPS) is 11.4. The van der Waals surface area contributed by atoms with Gasteiger partial charge in [0.2, 0.25) is 5.88 Å². The Kier molecular flexibility index (Phi) is 5.77. The lowest BCUT2D eigenvalue weighted by Crippen LogP contribution is -2.24. The summed E-state index contributed by atoms with van der Waals surface area (Å²) in [6.45, 7) is 3.90. The van der Waals surface area contributed by atoms with E-state index >= 15 is 0 Å². The molecule has 1 aromatic rings. The molecule has 0 saturated heterocycles. The first kappa shape index (κ1) is 14.7. The van der Waals surface area contributed by atoms with E-state index in [0.29, 0.717) is 12.5 Å². The summed E-state index contributed by atoms with van der Waals surface area (Å²) >= 11 is 0. The minimum absolute atomic E-state index is 0. The second-order valence-electron chi connectivity index (χ2n) is 3.46. The van der Waals surface area contributed by atoms with Crippen molar-refractivity contribution in [3.63, 3.8) is 0 Å². The van der Waals surface area contributed by atoms with Crippen LogP contribution in [0.5, 0.6) is 5.88 Å². The number of hydrogen-bond donors (Lipinski definition) is 2. The molecule has 16 heavy (non-hydrogen) atoms. The number of carboxylic acid groups (broad SMARTS) is 1. The van der Waals surface area contributed by atoms with Crippen molar-refractivity contribution in [2.24, 2.45) is 5.73 Å². The molecule has 1 unspecified atom stereocenters. The maximum absolute atomic E-state index is 10.7. The molecule has 3 N–H and O–H groups in total. The van der Waals surface area contributed by atoms with Crippen LogP contribution in [0.15, 0.2) is 12.1 Å². The van der Waals surface area contributed by atoms with E-state index in [0.717, 1.165) is 5.56 Å². The minimum atomic E-state index is -1.07. The molecule has 0 fully saturated rings. The molecule has 0 spiro atoms. The van der Waals surface area contributed by atoms with Crippen molar-refractivity contribution in [3.8, 4) is 5.88 Å². The van der Waals surface area contributed by atoms with Crippen molar-refractivity contribution in [2.45, 2.75) is 19.9 Å². The standard InChI is InChI=1S/C10H14N2O3.ClH/c1-6-3-8(10(13)14)12-9(4-6)15-5-7(2)11;/h3-4,7H,5,11H2,1-2H3,(H,13,14);1H. The van der Waals surface area contributed by atoms with Gasteiger partial charge in [-0.25, -0.2) is 9.78 Å². The van der Waals surface area contributed by atoms with Crippen LogP contribution in [0.2, 0.25) is 0 Å². The molecule has 90 valence electrons. The number of hydrogen-bond acceptors (Lipinski definition) is 4. The van der Waals surface area contributed by atoms with E-state index in [1.54, 1.807) is 19.9 Å². The van der Waals surface area contributed by atoms with Crippen LogP contribution < -0.4 is 10.5 Å². The van der Waals surface area contributed by atoms with Gasteiger partial charge in [-0.15, -0.1) is 12.4 Å². The molecular formula is C10H15ClN2O3. The van der Waals surface area contributed by atoms with Crippen molar-refractivity contribution in [1.29, 1.82) is 0 Å². The molecule has 1 heterocycles. The van der Waals surface area contributed by atoms with Gasteiger partial charge in [-0.2, -0.15) is 0 Å². The number of pyridine rings is 1. The third kappa shape index (κ3) is 4.46. The molecule has 0 bridgehead atoms. The number of aromatic carboxylic acids is 1. The Morgan fingerprint density at radius 2 is 2.25 bits per heavy atom. The van der Waals surface area contributed by atoms with E-state index in [1.807, 2.05) is 0 Å². The Morgan fingerprint density at radius 3 is 2.75 bits per heavy atom. The first-order valence-electron chi connectivity index (χ1n) is 4.59. The molecule has 6 heteroatoms. The fourth-order valence-electron chi connectivity index (χ4n) is 1.04. The highest BCUT2D eigenvalue weighted by molar-refractivity contribution is 5.85. The predicted octanol–water partition coefficient (Wildman–Crippen LogP) is 1.24. The van der Waals surface area contributed by atoms with Crippen LogP contribution in [0, 0.1) is 6.92 Å². The van der Waals surface area contributed by atoms with Gasteiger partial charge in [0.1, 0.15) is 6.61 Å². The van der Waals surface area contributed by atoms with Crippen molar-refractivity contribution < 1.29 is 14.6 Å². The van der Waals surface area contributed by atoms with E-state index < -0.39 is 5.97 Å². The smallest absolute Gasteiger partial charge is 0.354 e. The summed E-state index contributed by atoms with van der Waals surface area (Å²) in [5.74, 6) is -0.769. The third-order valence-electron chi connectivity index (χ3n) is 1.66. The Bertz CT molecular complexity index is 369. The average molecular weight is 247 g/mol. The minimum Gasteiger partial charge on any atom is -0.477 e. The first-order chi connectivity index (χ1) is 6.99. The number of ether oxygens (including phenoxy) is 1. The molecule has 1 atom stereocenters. The van der Waals surface area contributed by atoms with Crippen LogP contribution in [0.3, 0.4) is 0 Å². The number of aromatic nitrogens is 1. The van der Waals surface area contributed by atoms with Gasteiger partial charge in [0.25, 0.3) is 0 Å². The summed E-state index contributed by atoms with van der Waals surface area (Å²) in [6, 6.07) is 3.05. The number of halogens is 1. The highest BCUT2D eigenvalue weighted by Crippen LogP contribution is 2.12. The van der Waals surface area contributed by atoms with Gasteiger partial charge in [0.15, 0.2) is 5.69 Å². The Balaban J connectivity index is 0.00000225. The van der Waals surface area contributed by atoms with E-state index in [4.69, 9.17) is 15.6 Å². The summed E-state index contributed by atoms with van der Waals surface area (Å²) in [5.41, 5.74) is 6.28. The largest absolute Gasteiger partial charge is 0.477 e. The fraction of sp³-hybridized carbons (Fsp3) is 0.400. The maximum Gasteiger partial charge on any atom is 0.354 e. The van der Waals surface area contributed by atoms with Crippen molar-refractivity contribution in [2.75, 3.05) is 6.61 Å². The van der Waals surface area contributed by atoms with Gasteiger partial charge in [-0.1, -0.05) is 0 Å². The maximum atomic E-state index is 10.7. The zero-order chi connectivity index (χ0) is 11.4. The van der Waals surface area contributed by atoms with Gasteiger partial charge in [-0.3, -0.25) is 0 Å². The second kappa shape index (κ2) is 6.30. The van der Waals surface area contributed by atoms with E-state index in [1.165, 1.54) is 6.07 Å². The second-order valence-corrected chi connectivity index (χ2v) is 3.46. The summed E-state index contributed by atoms with van der Waals surface area (Å²) in [7, 11) is 0. The Labute approximate surface area is 100 Å². The highest BCUT2D eigenvalue weighted by Gasteiger charge is 2.08. The van der Waals surface area contributed by atoms with Crippen LogP contribution in [-0.2, 0) is 0 Å². The summed E-state index contributed by atoms with van der Waals surface area (Å²) in [6.07, 6.45) is 0. The molecule has 0 saturated carbocycles. The fourth-order valence-corrected chi connectivity index (χ4v) is 1.04.